The maximum absolute atomic E-state index is 11.8. The summed E-state index contributed by atoms with van der Waals surface area (Å²) in [5, 5.41) is 9.27. The summed E-state index contributed by atoms with van der Waals surface area (Å²) in [6.45, 7) is 0.195. The maximum atomic E-state index is 11.8. The highest BCUT2D eigenvalue weighted by Gasteiger charge is 2.13. The van der Waals surface area contributed by atoms with Gasteiger partial charge in [-0.3, -0.25) is 0 Å². The quantitative estimate of drug-likeness (QED) is 0.794. The fourth-order valence-electron chi connectivity index (χ4n) is 1.77. The summed E-state index contributed by atoms with van der Waals surface area (Å²) < 4.78 is 10.7. The van der Waals surface area contributed by atoms with Gasteiger partial charge >= 0.3 is 5.97 Å². The molecule has 110 valence electrons. The molecule has 0 saturated heterocycles. The molecule has 0 spiro atoms. The van der Waals surface area contributed by atoms with E-state index in [-0.39, 0.29) is 13.2 Å². The van der Waals surface area contributed by atoms with Crippen LogP contribution in [0.25, 0.3) is 0 Å². The maximum Gasteiger partial charge on any atom is 0.338 e. The molecule has 0 aliphatic rings. The molecule has 0 heterocycles. The minimum Gasteiger partial charge on any atom is -0.459 e. The zero-order chi connectivity index (χ0) is 14.9. The summed E-state index contributed by atoms with van der Waals surface area (Å²) in [6, 6.07) is 18.4. The minimum atomic E-state index is -0.530. The van der Waals surface area contributed by atoms with Crippen LogP contribution in [0.4, 0.5) is 0 Å². The van der Waals surface area contributed by atoms with Gasteiger partial charge in [-0.05, 0) is 17.7 Å². The Kier molecular flexibility index (Phi) is 5.94. The van der Waals surface area contributed by atoms with E-state index in [2.05, 4.69) is 0 Å². The first-order chi connectivity index (χ1) is 10.3. The van der Waals surface area contributed by atoms with E-state index < -0.39 is 12.1 Å². The number of aliphatic hydroxyl groups is 1. The van der Waals surface area contributed by atoms with Crippen LogP contribution >= 0.6 is 0 Å². The van der Waals surface area contributed by atoms with Gasteiger partial charge in [-0.25, -0.2) is 4.79 Å². The molecule has 0 radical (unpaired) electrons. The monoisotopic (exact) mass is 286 g/mol. The van der Waals surface area contributed by atoms with Crippen molar-refractivity contribution < 1.29 is 19.4 Å². The van der Waals surface area contributed by atoms with Gasteiger partial charge in [0.05, 0.1) is 18.8 Å². The lowest BCUT2D eigenvalue weighted by Crippen LogP contribution is -2.25. The average Bonchev–Trinajstić information content (AvgIpc) is 2.56. The Morgan fingerprint density at radius 3 is 2.24 bits per heavy atom. The smallest absolute Gasteiger partial charge is 0.338 e. The van der Waals surface area contributed by atoms with Gasteiger partial charge in [0.2, 0.25) is 0 Å². The lowest BCUT2D eigenvalue weighted by atomic mass is 10.2. The Bertz CT molecular complexity index is 539. The summed E-state index contributed by atoms with van der Waals surface area (Å²) in [4.78, 5) is 11.8. The van der Waals surface area contributed by atoms with Crippen LogP contribution < -0.4 is 0 Å². The normalized spacial score (nSPS) is 11.9. The number of esters is 1. The minimum absolute atomic E-state index is 0.0249. The number of carbonyl (C=O) groups is 1. The highest BCUT2D eigenvalue weighted by molar-refractivity contribution is 5.89. The number of ether oxygens (including phenoxy) is 2. The number of aliphatic hydroxyl groups excluding tert-OH is 1. The van der Waals surface area contributed by atoms with Crippen molar-refractivity contribution in [2.24, 2.45) is 0 Å². The van der Waals surface area contributed by atoms with Crippen LogP contribution in [-0.4, -0.2) is 30.4 Å². The molecule has 4 heteroatoms. The summed E-state index contributed by atoms with van der Waals surface area (Å²) in [5.41, 5.74) is 1.49. The highest BCUT2D eigenvalue weighted by atomic mass is 16.6. The molecule has 1 atom stereocenters. The molecule has 0 amide bonds. The molecule has 1 unspecified atom stereocenters. The van der Waals surface area contributed by atoms with Crippen molar-refractivity contribution in [2.75, 3.05) is 13.2 Å². The van der Waals surface area contributed by atoms with Crippen molar-refractivity contribution in [2.45, 2.75) is 12.7 Å². The van der Waals surface area contributed by atoms with Gasteiger partial charge in [-0.15, -0.1) is 0 Å². The molecule has 0 aliphatic heterocycles. The van der Waals surface area contributed by atoms with Gasteiger partial charge in [0.25, 0.3) is 0 Å². The Hall–Kier alpha value is -2.17. The standard InChI is InChI=1S/C17H18O4/c18-11-16(20-12-14-7-3-1-4-8-14)13-21-17(19)15-9-5-2-6-10-15/h1-10,16,18H,11-13H2. The van der Waals surface area contributed by atoms with E-state index in [9.17, 15) is 9.90 Å². The fraction of sp³-hybridized carbons (Fsp3) is 0.235. The molecule has 21 heavy (non-hydrogen) atoms. The van der Waals surface area contributed by atoms with Crippen molar-refractivity contribution in [3.63, 3.8) is 0 Å². The zero-order valence-corrected chi connectivity index (χ0v) is 11.6. The van der Waals surface area contributed by atoms with Crippen LogP contribution in [-0.2, 0) is 16.1 Å². The van der Waals surface area contributed by atoms with E-state index in [4.69, 9.17) is 9.47 Å². The Labute approximate surface area is 123 Å². The highest BCUT2D eigenvalue weighted by Crippen LogP contribution is 2.06. The lowest BCUT2D eigenvalue weighted by molar-refractivity contribution is -0.0388. The third-order valence-corrected chi connectivity index (χ3v) is 2.94. The summed E-state index contributed by atoms with van der Waals surface area (Å²) in [7, 11) is 0. The lowest BCUT2D eigenvalue weighted by Gasteiger charge is -2.15. The SMILES string of the molecule is O=C(OCC(CO)OCc1ccccc1)c1ccccc1. The van der Waals surface area contributed by atoms with Crippen molar-refractivity contribution >= 4 is 5.97 Å². The van der Waals surface area contributed by atoms with Crippen molar-refractivity contribution in [3.05, 3.63) is 71.8 Å². The first-order valence-electron chi connectivity index (χ1n) is 6.78. The second-order valence-corrected chi connectivity index (χ2v) is 4.57. The molecule has 0 saturated carbocycles. The number of hydrogen-bond acceptors (Lipinski definition) is 4. The zero-order valence-electron chi connectivity index (χ0n) is 11.6. The van der Waals surface area contributed by atoms with E-state index in [1.54, 1.807) is 24.3 Å². The van der Waals surface area contributed by atoms with Gasteiger partial charge in [-0.1, -0.05) is 48.5 Å². The van der Waals surface area contributed by atoms with Crippen molar-refractivity contribution in [1.29, 1.82) is 0 Å². The molecule has 2 rings (SSSR count). The van der Waals surface area contributed by atoms with Crippen LogP contribution in [0.2, 0.25) is 0 Å². The molecular weight excluding hydrogens is 268 g/mol. The number of hydrogen-bond donors (Lipinski definition) is 1. The number of carbonyl (C=O) groups excluding carboxylic acids is 1. The Balaban J connectivity index is 1.79. The summed E-state index contributed by atoms with van der Waals surface area (Å²) >= 11 is 0. The molecule has 0 aromatic heterocycles. The first-order valence-corrected chi connectivity index (χ1v) is 6.78. The number of benzene rings is 2. The molecule has 2 aromatic rings. The molecule has 4 nitrogen and oxygen atoms in total. The number of rotatable bonds is 7. The van der Waals surface area contributed by atoms with Gasteiger partial charge < -0.3 is 14.6 Å². The van der Waals surface area contributed by atoms with Gasteiger partial charge in [0.1, 0.15) is 12.7 Å². The molecule has 0 fully saturated rings. The predicted octanol–water partition coefficient (Wildman–Crippen LogP) is 2.42. The third kappa shape index (κ3) is 5.02. The first kappa shape index (κ1) is 15.2. The summed E-state index contributed by atoms with van der Waals surface area (Å²) in [6.07, 6.45) is -0.530. The van der Waals surface area contributed by atoms with E-state index >= 15 is 0 Å². The van der Waals surface area contributed by atoms with Crippen molar-refractivity contribution in [3.8, 4) is 0 Å². The predicted molar refractivity (Wildman–Crippen MR) is 78.8 cm³/mol. The van der Waals surface area contributed by atoms with E-state index in [0.717, 1.165) is 5.56 Å². The van der Waals surface area contributed by atoms with E-state index in [0.29, 0.717) is 12.2 Å². The molecule has 0 aliphatic carbocycles. The average molecular weight is 286 g/mol. The van der Waals surface area contributed by atoms with Crippen LogP contribution in [0, 0.1) is 0 Å². The van der Waals surface area contributed by atoms with E-state index in [1.165, 1.54) is 0 Å². The van der Waals surface area contributed by atoms with Gasteiger partial charge in [-0.2, -0.15) is 0 Å². The molecule has 1 N–H and O–H groups in total. The van der Waals surface area contributed by atoms with Crippen LogP contribution in [0.5, 0.6) is 0 Å². The van der Waals surface area contributed by atoms with Crippen LogP contribution in [0.3, 0.4) is 0 Å². The van der Waals surface area contributed by atoms with Crippen molar-refractivity contribution in [1.82, 2.24) is 0 Å². The Morgan fingerprint density at radius 2 is 1.62 bits per heavy atom. The van der Waals surface area contributed by atoms with Gasteiger partial charge in [0.15, 0.2) is 0 Å². The molecular formula is C17H18O4. The largest absolute Gasteiger partial charge is 0.459 e. The van der Waals surface area contributed by atoms with E-state index in [1.807, 2.05) is 36.4 Å². The third-order valence-electron chi connectivity index (χ3n) is 2.94. The fourth-order valence-corrected chi connectivity index (χ4v) is 1.77. The molecule has 0 bridgehead atoms. The second kappa shape index (κ2) is 8.19. The van der Waals surface area contributed by atoms with Crippen LogP contribution in [0.15, 0.2) is 60.7 Å². The van der Waals surface area contributed by atoms with Gasteiger partial charge in [0, 0.05) is 0 Å². The topological polar surface area (TPSA) is 55.8 Å². The summed E-state index contributed by atoms with van der Waals surface area (Å²) in [5.74, 6) is -0.419. The Morgan fingerprint density at radius 1 is 1.00 bits per heavy atom. The van der Waals surface area contributed by atoms with Crippen LogP contribution in [0.1, 0.15) is 15.9 Å². The second-order valence-electron chi connectivity index (χ2n) is 4.57. The molecule has 2 aromatic carbocycles.